The fraction of sp³-hybridized carbons (Fsp3) is 0.533. The summed E-state index contributed by atoms with van der Waals surface area (Å²) in [4.78, 5) is 46.3. The van der Waals surface area contributed by atoms with Gasteiger partial charge in [-0.2, -0.15) is 12.6 Å². The van der Waals surface area contributed by atoms with Crippen molar-refractivity contribution < 1.29 is 19.5 Å². The maximum atomic E-state index is 12.3. The van der Waals surface area contributed by atoms with Gasteiger partial charge in [0.05, 0.1) is 12.4 Å². The van der Waals surface area contributed by atoms with Gasteiger partial charge in [0.2, 0.25) is 11.8 Å². The number of aliphatic imine (C=N–C) groups is 1. The number of carbonyl (C=O) groups is 3. The number of aliphatic carboxylic acids is 1. The first-order valence-corrected chi connectivity index (χ1v) is 9.10. The number of nitrogens with two attached hydrogens (primary N) is 3. The number of nitrogens with zero attached hydrogens (tertiary/aromatic N) is 2. The smallest absolute Gasteiger partial charge is 0.326 e. The molecule has 28 heavy (non-hydrogen) atoms. The average molecular weight is 414 g/mol. The van der Waals surface area contributed by atoms with Crippen molar-refractivity contribution in [2.24, 2.45) is 22.2 Å². The van der Waals surface area contributed by atoms with Gasteiger partial charge < -0.3 is 37.9 Å². The molecule has 0 radical (unpaired) electrons. The third-order valence-electron chi connectivity index (χ3n) is 3.71. The lowest BCUT2D eigenvalue weighted by molar-refractivity contribution is -0.142. The second kappa shape index (κ2) is 11.8. The van der Waals surface area contributed by atoms with Gasteiger partial charge in [0.15, 0.2) is 5.96 Å². The Labute approximate surface area is 167 Å². The molecule has 0 unspecified atom stereocenters. The second-order valence-corrected chi connectivity index (χ2v) is 6.34. The molecular formula is C15H26N8O4S. The van der Waals surface area contributed by atoms with Crippen LogP contribution in [0.1, 0.15) is 18.5 Å². The van der Waals surface area contributed by atoms with Gasteiger partial charge in [0.25, 0.3) is 0 Å². The van der Waals surface area contributed by atoms with Crippen LogP contribution in [-0.2, 0) is 20.8 Å². The topological polar surface area (TPSA) is 215 Å². The number of hydrogen-bond acceptors (Lipinski definition) is 7. The first-order chi connectivity index (χ1) is 13.2. The number of thiol groups is 1. The highest BCUT2D eigenvalue weighted by atomic mass is 32.1. The molecule has 0 fully saturated rings. The van der Waals surface area contributed by atoms with E-state index in [1.54, 1.807) is 0 Å². The minimum Gasteiger partial charge on any atom is -0.480 e. The van der Waals surface area contributed by atoms with E-state index in [1.807, 2.05) is 0 Å². The summed E-state index contributed by atoms with van der Waals surface area (Å²) < 4.78 is 0. The van der Waals surface area contributed by atoms with Crippen LogP contribution < -0.4 is 27.8 Å². The molecule has 0 spiro atoms. The van der Waals surface area contributed by atoms with E-state index in [0.717, 1.165) is 0 Å². The molecule has 12 nitrogen and oxygen atoms in total. The lowest BCUT2D eigenvalue weighted by Gasteiger charge is -2.21. The van der Waals surface area contributed by atoms with Crippen molar-refractivity contribution in [1.29, 1.82) is 0 Å². The van der Waals surface area contributed by atoms with Crippen LogP contribution in [0.4, 0.5) is 0 Å². The van der Waals surface area contributed by atoms with E-state index >= 15 is 0 Å². The van der Waals surface area contributed by atoms with E-state index in [-0.39, 0.29) is 31.1 Å². The molecule has 1 heterocycles. The number of H-pyrrole nitrogens is 1. The van der Waals surface area contributed by atoms with Gasteiger partial charge in [0.1, 0.15) is 12.1 Å². The second-order valence-electron chi connectivity index (χ2n) is 5.98. The normalized spacial score (nSPS) is 13.8. The summed E-state index contributed by atoms with van der Waals surface area (Å²) in [6.07, 6.45) is 3.67. The molecule has 156 valence electrons. The number of amides is 2. The van der Waals surface area contributed by atoms with Crippen LogP contribution in [-0.4, -0.2) is 69.2 Å². The van der Waals surface area contributed by atoms with E-state index in [9.17, 15) is 19.5 Å². The number of aromatic amines is 1. The fourth-order valence-electron chi connectivity index (χ4n) is 2.23. The van der Waals surface area contributed by atoms with Gasteiger partial charge >= 0.3 is 5.97 Å². The van der Waals surface area contributed by atoms with Crippen molar-refractivity contribution in [3.05, 3.63) is 18.2 Å². The zero-order valence-electron chi connectivity index (χ0n) is 15.2. The summed E-state index contributed by atoms with van der Waals surface area (Å²) in [5.74, 6) is -2.58. The van der Waals surface area contributed by atoms with Crippen molar-refractivity contribution in [2.45, 2.75) is 37.4 Å². The summed E-state index contributed by atoms with van der Waals surface area (Å²) in [5, 5.41) is 14.1. The first kappa shape index (κ1) is 23.2. The number of carboxylic acid groups (broad SMARTS) is 1. The molecule has 0 saturated heterocycles. The Bertz CT molecular complexity index is 678. The third kappa shape index (κ3) is 8.26. The molecule has 0 aromatic carbocycles. The number of aromatic nitrogens is 2. The van der Waals surface area contributed by atoms with Gasteiger partial charge in [-0.3, -0.25) is 14.6 Å². The molecule has 13 heteroatoms. The maximum Gasteiger partial charge on any atom is 0.326 e. The van der Waals surface area contributed by atoms with E-state index in [0.29, 0.717) is 12.1 Å². The van der Waals surface area contributed by atoms with Crippen LogP contribution in [0.15, 0.2) is 17.5 Å². The Hall–Kier alpha value is -2.80. The Morgan fingerprint density at radius 1 is 1.25 bits per heavy atom. The molecule has 3 atom stereocenters. The van der Waals surface area contributed by atoms with Gasteiger partial charge in [-0.1, -0.05) is 0 Å². The SMILES string of the molecule is NC(N)=NCCC[C@H](NC(=O)[C@H](CS)NC(=O)[C@@H](N)Cc1cnc[nH]1)C(=O)O. The summed E-state index contributed by atoms with van der Waals surface area (Å²) >= 11 is 4.04. The fourth-order valence-corrected chi connectivity index (χ4v) is 2.49. The van der Waals surface area contributed by atoms with Crippen LogP contribution in [0.2, 0.25) is 0 Å². The Morgan fingerprint density at radius 3 is 2.46 bits per heavy atom. The highest BCUT2D eigenvalue weighted by Crippen LogP contribution is 2.02. The molecule has 0 aliphatic rings. The number of hydrogen-bond donors (Lipinski definition) is 8. The van der Waals surface area contributed by atoms with Gasteiger partial charge in [-0.15, -0.1) is 0 Å². The molecule has 0 aliphatic carbocycles. The van der Waals surface area contributed by atoms with Crippen molar-refractivity contribution in [2.75, 3.05) is 12.3 Å². The first-order valence-electron chi connectivity index (χ1n) is 8.47. The summed E-state index contributed by atoms with van der Waals surface area (Å²) in [7, 11) is 0. The van der Waals surface area contributed by atoms with Gasteiger partial charge in [0, 0.05) is 30.6 Å². The number of nitrogens with one attached hydrogen (secondary N) is 3. The zero-order valence-corrected chi connectivity index (χ0v) is 16.1. The van der Waals surface area contributed by atoms with Crippen LogP contribution in [0.25, 0.3) is 0 Å². The molecule has 1 aromatic rings. The lowest BCUT2D eigenvalue weighted by Crippen LogP contribution is -2.55. The standard InChI is InChI=1S/C15H26N8O4S/c16-9(4-8-5-19-7-21-8)12(24)23-11(6-28)13(25)22-10(14(26)27)2-1-3-20-15(17)18/h5,7,9-11,28H,1-4,6,16H2,(H,19,21)(H,22,25)(H,23,24)(H,26,27)(H4,17,18,20)/t9-,10-,11-/m0/s1. The lowest BCUT2D eigenvalue weighted by atomic mass is 10.1. The molecule has 2 amide bonds. The van der Waals surface area contributed by atoms with Crippen LogP contribution >= 0.6 is 12.6 Å². The Balaban J connectivity index is 2.57. The predicted octanol–water partition coefficient (Wildman–Crippen LogP) is -2.68. The van der Waals surface area contributed by atoms with Gasteiger partial charge in [-0.05, 0) is 12.8 Å². The molecule has 1 rings (SSSR count). The number of imidazole rings is 1. The summed E-state index contributed by atoms with van der Waals surface area (Å²) in [5.41, 5.74) is 16.9. The van der Waals surface area contributed by atoms with E-state index in [4.69, 9.17) is 17.2 Å². The van der Waals surface area contributed by atoms with E-state index in [1.165, 1.54) is 12.5 Å². The quantitative estimate of drug-likeness (QED) is 0.0778. The zero-order chi connectivity index (χ0) is 21.1. The average Bonchev–Trinajstić information content (AvgIpc) is 3.14. The summed E-state index contributed by atoms with van der Waals surface area (Å²) in [6.45, 7) is 0.233. The van der Waals surface area contributed by atoms with Crippen molar-refractivity contribution in [3.63, 3.8) is 0 Å². The van der Waals surface area contributed by atoms with Gasteiger partial charge in [-0.25, -0.2) is 9.78 Å². The minimum atomic E-state index is -1.21. The van der Waals surface area contributed by atoms with E-state index in [2.05, 4.69) is 38.2 Å². The maximum absolute atomic E-state index is 12.3. The number of rotatable bonds is 12. The summed E-state index contributed by atoms with van der Waals surface area (Å²) in [6, 6.07) is -3.10. The Kier molecular flexibility index (Phi) is 9.81. The van der Waals surface area contributed by atoms with Crippen molar-refractivity contribution >= 4 is 36.4 Å². The molecule has 10 N–H and O–H groups in total. The number of carboxylic acids is 1. The van der Waals surface area contributed by atoms with Crippen molar-refractivity contribution in [1.82, 2.24) is 20.6 Å². The van der Waals surface area contributed by atoms with Crippen LogP contribution in [0, 0.1) is 0 Å². The monoisotopic (exact) mass is 414 g/mol. The highest BCUT2D eigenvalue weighted by Gasteiger charge is 2.27. The van der Waals surface area contributed by atoms with Crippen molar-refractivity contribution in [3.8, 4) is 0 Å². The number of guanidine groups is 1. The largest absolute Gasteiger partial charge is 0.480 e. The minimum absolute atomic E-state index is 0.0330. The third-order valence-corrected chi connectivity index (χ3v) is 4.07. The van der Waals surface area contributed by atoms with Crippen LogP contribution in [0.3, 0.4) is 0 Å². The van der Waals surface area contributed by atoms with E-state index < -0.39 is 35.9 Å². The molecule has 0 aliphatic heterocycles. The highest BCUT2D eigenvalue weighted by molar-refractivity contribution is 7.80. The van der Waals surface area contributed by atoms with Crippen LogP contribution in [0.5, 0.6) is 0 Å². The molecule has 0 saturated carbocycles. The molecular weight excluding hydrogens is 388 g/mol. The predicted molar refractivity (Wildman–Crippen MR) is 106 cm³/mol. The molecule has 1 aromatic heterocycles. The molecule has 0 bridgehead atoms. The number of carbonyl (C=O) groups excluding carboxylic acids is 2. The Morgan fingerprint density at radius 2 is 1.93 bits per heavy atom.